The van der Waals surface area contributed by atoms with Crippen LogP contribution in [0.4, 0.5) is 0 Å². The van der Waals surface area contributed by atoms with Crippen LogP contribution in [-0.2, 0) is 0 Å². The smallest absolute Gasteiger partial charge is 0.0349 e. The van der Waals surface area contributed by atoms with E-state index >= 15 is 0 Å². The van der Waals surface area contributed by atoms with Crippen molar-refractivity contribution < 1.29 is 0 Å². The van der Waals surface area contributed by atoms with Gasteiger partial charge in [-0.15, -0.1) is 11.3 Å². The molecule has 1 nitrogen and oxygen atoms in total. The van der Waals surface area contributed by atoms with Crippen molar-refractivity contribution in [3.63, 3.8) is 0 Å². The van der Waals surface area contributed by atoms with Crippen molar-refractivity contribution in [2.75, 3.05) is 6.54 Å². The third-order valence-corrected chi connectivity index (χ3v) is 4.62. The molecule has 0 amide bonds. The first-order chi connectivity index (χ1) is 8.92. The second-order valence-electron chi connectivity index (χ2n) is 4.96. The van der Waals surface area contributed by atoms with Gasteiger partial charge in [-0.25, -0.2) is 0 Å². The molecule has 1 aromatic heterocycles. The minimum absolute atomic E-state index is 0.567. The van der Waals surface area contributed by atoms with Crippen molar-refractivity contribution in [3.8, 4) is 0 Å². The van der Waals surface area contributed by atoms with Gasteiger partial charge < -0.3 is 5.32 Å². The highest BCUT2D eigenvalue weighted by Crippen LogP contribution is 2.26. The second kappa shape index (κ2) is 5.68. The van der Waals surface area contributed by atoms with Gasteiger partial charge >= 0.3 is 0 Å². The van der Waals surface area contributed by atoms with E-state index in [1.807, 2.05) is 11.3 Å². The van der Waals surface area contributed by atoms with E-state index < -0.39 is 0 Å². The van der Waals surface area contributed by atoms with Crippen LogP contribution in [0.5, 0.6) is 0 Å². The van der Waals surface area contributed by atoms with Gasteiger partial charge in [0.05, 0.1) is 0 Å². The van der Waals surface area contributed by atoms with Gasteiger partial charge in [0.2, 0.25) is 0 Å². The van der Waals surface area contributed by atoms with Crippen LogP contribution in [0, 0.1) is 0 Å². The predicted molar refractivity (Wildman–Crippen MR) is 81.1 cm³/mol. The molecule has 1 unspecified atom stereocenters. The summed E-state index contributed by atoms with van der Waals surface area (Å²) in [6.07, 6.45) is 9.97. The molecule has 1 atom stereocenters. The zero-order valence-corrected chi connectivity index (χ0v) is 11.4. The molecule has 0 radical (unpaired) electrons. The van der Waals surface area contributed by atoms with Crippen LogP contribution < -0.4 is 5.32 Å². The van der Waals surface area contributed by atoms with Crippen molar-refractivity contribution in [2.24, 2.45) is 0 Å². The number of rotatable bonds is 2. The molecule has 0 saturated carbocycles. The predicted octanol–water partition coefficient (Wildman–Crippen LogP) is 4.45. The molecule has 2 aromatic rings. The van der Waals surface area contributed by atoms with E-state index in [0.29, 0.717) is 6.04 Å². The van der Waals surface area contributed by atoms with E-state index in [1.54, 1.807) is 0 Å². The maximum Gasteiger partial charge on any atom is 0.0349 e. The number of hydrogen-bond acceptors (Lipinski definition) is 2. The van der Waals surface area contributed by atoms with Crippen molar-refractivity contribution >= 4 is 27.5 Å². The molecule has 3 rings (SSSR count). The lowest BCUT2D eigenvalue weighted by Crippen LogP contribution is -2.25. The standard InChI is InChI=1S/C16H19NS/c1-2-7-14(17-11-5-1)9-10-15-12-13-6-3-4-8-16(13)18-15/h3-4,6,8-10,12,14,17H,1-2,5,7,11H2/b10-9+. The molecule has 1 N–H and O–H groups in total. The molecular weight excluding hydrogens is 238 g/mol. The van der Waals surface area contributed by atoms with Gasteiger partial charge in [0.1, 0.15) is 0 Å². The van der Waals surface area contributed by atoms with Gasteiger partial charge in [-0.05, 0) is 43.0 Å². The normalized spacial score (nSPS) is 21.4. The van der Waals surface area contributed by atoms with E-state index in [0.717, 1.165) is 0 Å². The molecule has 1 aliphatic heterocycles. The lowest BCUT2D eigenvalue weighted by atomic mass is 10.1. The number of fused-ring (bicyclic) bond motifs is 1. The Hall–Kier alpha value is -1.12. The molecule has 2 heterocycles. The largest absolute Gasteiger partial charge is 0.311 e. The number of nitrogens with one attached hydrogen (secondary N) is 1. The lowest BCUT2D eigenvalue weighted by molar-refractivity contribution is 0.599. The summed E-state index contributed by atoms with van der Waals surface area (Å²) in [5, 5.41) is 4.96. The summed E-state index contributed by atoms with van der Waals surface area (Å²) in [7, 11) is 0. The minimum Gasteiger partial charge on any atom is -0.311 e. The Morgan fingerprint density at radius 3 is 3.06 bits per heavy atom. The van der Waals surface area contributed by atoms with Crippen LogP contribution in [-0.4, -0.2) is 12.6 Å². The van der Waals surface area contributed by atoms with Crippen LogP contribution in [0.3, 0.4) is 0 Å². The van der Waals surface area contributed by atoms with Crippen LogP contribution >= 0.6 is 11.3 Å². The Morgan fingerprint density at radius 2 is 2.11 bits per heavy atom. The second-order valence-corrected chi connectivity index (χ2v) is 6.07. The van der Waals surface area contributed by atoms with E-state index in [-0.39, 0.29) is 0 Å². The topological polar surface area (TPSA) is 12.0 Å². The molecule has 18 heavy (non-hydrogen) atoms. The minimum atomic E-state index is 0.567. The Bertz CT molecular complexity index is 500. The van der Waals surface area contributed by atoms with Crippen molar-refractivity contribution in [3.05, 3.63) is 41.3 Å². The average molecular weight is 257 g/mol. The summed E-state index contributed by atoms with van der Waals surface area (Å²) < 4.78 is 1.38. The highest BCUT2D eigenvalue weighted by molar-refractivity contribution is 7.19. The van der Waals surface area contributed by atoms with Gasteiger partial charge in [-0.2, -0.15) is 0 Å². The van der Waals surface area contributed by atoms with Crippen LogP contribution in [0.1, 0.15) is 30.6 Å². The summed E-state index contributed by atoms with van der Waals surface area (Å²) >= 11 is 1.88. The van der Waals surface area contributed by atoms with E-state index in [1.165, 1.54) is 47.2 Å². The Kier molecular flexibility index (Phi) is 3.77. The van der Waals surface area contributed by atoms with Crippen molar-refractivity contribution in [2.45, 2.75) is 31.7 Å². The average Bonchev–Trinajstić information content (AvgIpc) is 2.63. The van der Waals surface area contributed by atoms with E-state index in [9.17, 15) is 0 Å². The van der Waals surface area contributed by atoms with Crippen LogP contribution in [0.25, 0.3) is 16.2 Å². The summed E-state index contributed by atoms with van der Waals surface area (Å²) in [5.74, 6) is 0. The molecule has 94 valence electrons. The monoisotopic (exact) mass is 257 g/mol. The molecule has 1 aliphatic rings. The third kappa shape index (κ3) is 2.82. The summed E-state index contributed by atoms with van der Waals surface area (Å²) in [6, 6.07) is 11.5. The Labute approximate surface area is 113 Å². The van der Waals surface area contributed by atoms with Gasteiger partial charge in [0, 0.05) is 15.6 Å². The van der Waals surface area contributed by atoms with E-state index in [2.05, 4.69) is 47.8 Å². The number of benzene rings is 1. The van der Waals surface area contributed by atoms with Crippen LogP contribution in [0.15, 0.2) is 36.4 Å². The molecule has 1 fully saturated rings. The highest BCUT2D eigenvalue weighted by Gasteiger charge is 2.07. The fraction of sp³-hybridized carbons (Fsp3) is 0.375. The molecule has 1 aromatic carbocycles. The molecule has 0 bridgehead atoms. The fourth-order valence-corrected chi connectivity index (χ4v) is 3.49. The maximum atomic E-state index is 3.60. The van der Waals surface area contributed by atoms with Gasteiger partial charge in [0.25, 0.3) is 0 Å². The maximum absolute atomic E-state index is 3.60. The van der Waals surface area contributed by atoms with Gasteiger partial charge in [-0.1, -0.05) is 37.1 Å². The third-order valence-electron chi connectivity index (χ3n) is 3.54. The zero-order valence-electron chi connectivity index (χ0n) is 10.6. The summed E-state index contributed by atoms with van der Waals surface area (Å²) in [4.78, 5) is 1.36. The van der Waals surface area contributed by atoms with Gasteiger partial charge in [0.15, 0.2) is 0 Å². The first-order valence-corrected chi connectivity index (χ1v) is 7.64. The van der Waals surface area contributed by atoms with Crippen molar-refractivity contribution in [1.29, 1.82) is 0 Å². The summed E-state index contributed by atoms with van der Waals surface area (Å²) in [6.45, 7) is 1.17. The number of thiophene rings is 1. The Morgan fingerprint density at radius 1 is 1.17 bits per heavy atom. The van der Waals surface area contributed by atoms with E-state index in [4.69, 9.17) is 0 Å². The quantitative estimate of drug-likeness (QED) is 0.838. The first kappa shape index (κ1) is 11.9. The zero-order chi connectivity index (χ0) is 12.2. The first-order valence-electron chi connectivity index (χ1n) is 6.82. The lowest BCUT2D eigenvalue weighted by Gasteiger charge is -2.09. The fourth-order valence-electron chi connectivity index (χ4n) is 2.52. The van der Waals surface area contributed by atoms with Crippen LogP contribution in [0.2, 0.25) is 0 Å². The SMILES string of the molecule is C(=C\C1CCCCCN1)/c1cc2ccccc2s1. The molecule has 0 aliphatic carbocycles. The molecule has 0 spiro atoms. The summed E-state index contributed by atoms with van der Waals surface area (Å²) in [5.41, 5.74) is 0. The van der Waals surface area contributed by atoms with Crippen molar-refractivity contribution in [1.82, 2.24) is 5.32 Å². The Balaban J connectivity index is 1.74. The highest BCUT2D eigenvalue weighted by atomic mass is 32.1. The number of hydrogen-bond donors (Lipinski definition) is 1. The molecular formula is C16H19NS. The van der Waals surface area contributed by atoms with Gasteiger partial charge in [-0.3, -0.25) is 0 Å². The molecule has 1 saturated heterocycles. The molecule has 2 heteroatoms.